The number of hydrogen-bond donors (Lipinski definition) is 1. The Kier molecular flexibility index (Phi) is 3.42. The topological polar surface area (TPSA) is 63.6 Å². The molecular weight excluding hydrogens is 240 g/mol. The van der Waals surface area contributed by atoms with Crippen LogP contribution in [0.5, 0.6) is 0 Å². The minimum absolute atomic E-state index is 0.0627. The Balaban J connectivity index is 2.19. The van der Waals surface area contributed by atoms with Crippen molar-refractivity contribution in [2.45, 2.75) is 6.42 Å². The first kappa shape index (κ1) is 12.0. The van der Waals surface area contributed by atoms with Gasteiger partial charge < -0.3 is 0 Å². The van der Waals surface area contributed by atoms with Crippen LogP contribution in [0.3, 0.4) is 0 Å². The van der Waals surface area contributed by atoms with E-state index in [0.717, 1.165) is 16.3 Å². The molecule has 0 spiro atoms. The maximum atomic E-state index is 10.4. The Labute approximate surface area is 99.8 Å². The first-order valence-electron chi connectivity index (χ1n) is 5.15. The van der Waals surface area contributed by atoms with Gasteiger partial charge in [0.2, 0.25) is 0 Å². The molecule has 1 N–H and O–H groups in total. The van der Waals surface area contributed by atoms with Gasteiger partial charge in [-0.25, -0.2) is 4.18 Å². The van der Waals surface area contributed by atoms with E-state index in [0.29, 0.717) is 6.42 Å². The summed E-state index contributed by atoms with van der Waals surface area (Å²) in [7, 11) is -4.35. The average Bonchev–Trinajstić information content (AvgIpc) is 2.28. The van der Waals surface area contributed by atoms with Crippen molar-refractivity contribution in [3.8, 4) is 0 Å². The first-order chi connectivity index (χ1) is 8.06. The van der Waals surface area contributed by atoms with E-state index in [9.17, 15) is 8.42 Å². The lowest BCUT2D eigenvalue weighted by Gasteiger charge is -2.05. The van der Waals surface area contributed by atoms with Gasteiger partial charge in [0, 0.05) is 0 Å². The van der Waals surface area contributed by atoms with E-state index < -0.39 is 10.4 Å². The standard InChI is InChI=1S/C12H12O4S/c13-17(14,15)16-9-8-11-6-3-5-10-4-1-2-7-12(10)11/h1-7H,8-9H2,(H,13,14,15). The monoisotopic (exact) mass is 252 g/mol. The Bertz CT molecular complexity index is 614. The molecule has 0 atom stereocenters. The normalized spacial score (nSPS) is 11.8. The van der Waals surface area contributed by atoms with E-state index in [-0.39, 0.29) is 6.61 Å². The molecule has 2 aromatic carbocycles. The van der Waals surface area contributed by atoms with Crippen molar-refractivity contribution >= 4 is 21.2 Å². The largest absolute Gasteiger partial charge is 0.397 e. The highest BCUT2D eigenvalue weighted by atomic mass is 32.3. The Morgan fingerprint density at radius 2 is 1.76 bits per heavy atom. The van der Waals surface area contributed by atoms with Gasteiger partial charge in [0.25, 0.3) is 0 Å². The zero-order chi connectivity index (χ0) is 12.3. The molecule has 0 amide bonds. The Morgan fingerprint density at radius 3 is 2.53 bits per heavy atom. The molecule has 0 saturated carbocycles. The summed E-state index contributed by atoms with van der Waals surface area (Å²) in [4.78, 5) is 0. The maximum absolute atomic E-state index is 10.4. The van der Waals surface area contributed by atoms with Crippen molar-refractivity contribution in [1.82, 2.24) is 0 Å². The molecule has 0 radical (unpaired) electrons. The van der Waals surface area contributed by atoms with Crippen molar-refractivity contribution in [1.29, 1.82) is 0 Å². The molecule has 0 fully saturated rings. The van der Waals surface area contributed by atoms with E-state index >= 15 is 0 Å². The van der Waals surface area contributed by atoms with Crippen LogP contribution in [0.25, 0.3) is 10.8 Å². The van der Waals surface area contributed by atoms with E-state index in [1.54, 1.807) is 0 Å². The van der Waals surface area contributed by atoms with Crippen LogP contribution in [0.1, 0.15) is 5.56 Å². The molecule has 2 rings (SSSR count). The van der Waals surface area contributed by atoms with Crippen molar-refractivity contribution in [2.24, 2.45) is 0 Å². The molecule has 17 heavy (non-hydrogen) atoms. The van der Waals surface area contributed by atoms with Crippen LogP contribution in [0.15, 0.2) is 42.5 Å². The summed E-state index contributed by atoms with van der Waals surface area (Å²) < 4.78 is 33.6. The van der Waals surface area contributed by atoms with Crippen LogP contribution >= 0.6 is 0 Å². The lowest BCUT2D eigenvalue weighted by atomic mass is 10.0. The van der Waals surface area contributed by atoms with Crippen LogP contribution in [-0.4, -0.2) is 19.6 Å². The summed E-state index contributed by atoms with van der Waals surface area (Å²) in [5.41, 5.74) is 0.992. The zero-order valence-electron chi connectivity index (χ0n) is 9.04. The van der Waals surface area contributed by atoms with Gasteiger partial charge in [0.15, 0.2) is 0 Å². The third-order valence-corrected chi connectivity index (χ3v) is 2.95. The molecule has 2 aromatic rings. The second-order valence-electron chi connectivity index (χ2n) is 3.64. The maximum Gasteiger partial charge on any atom is 0.397 e. The molecule has 0 bridgehead atoms. The van der Waals surface area contributed by atoms with E-state index in [1.807, 2.05) is 42.5 Å². The second kappa shape index (κ2) is 4.83. The lowest BCUT2D eigenvalue weighted by Crippen LogP contribution is -2.07. The van der Waals surface area contributed by atoms with Gasteiger partial charge in [-0.2, -0.15) is 8.42 Å². The fraction of sp³-hybridized carbons (Fsp3) is 0.167. The van der Waals surface area contributed by atoms with Crippen LogP contribution in [0, 0.1) is 0 Å². The van der Waals surface area contributed by atoms with E-state index in [4.69, 9.17) is 4.55 Å². The number of hydrogen-bond acceptors (Lipinski definition) is 3. The highest BCUT2D eigenvalue weighted by Gasteiger charge is 2.05. The third kappa shape index (κ3) is 3.26. The molecule has 0 aromatic heterocycles. The lowest BCUT2D eigenvalue weighted by molar-refractivity contribution is 0.272. The molecule has 0 aliphatic carbocycles. The third-order valence-electron chi connectivity index (χ3n) is 2.48. The molecule has 0 saturated heterocycles. The molecule has 0 aliphatic rings. The fourth-order valence-corrected chi connectivity index (χ4v) is 2.06. The fourth-order valence-electron chi connectivity index (χ4n) is 1.77. The Morgan fingerprint density at radius 1 is 1.06 bits per heavy atom. The van der Waals surface area contributed by atoms with Crippen LogP contribution in [-0.2, 0) is 21.0 Å². The van der Waals surface area contributed by atoms with Crippen LogP contribution in [0.2, 0.25) is 0 Å². The predicted molar refractivity (Wildman–Crippen MR) is 65.2 cm³/mol. The van der Waals surface area contributed by atoms with Gasteiger partial charge in [-0.1, -0.05) is 42.5 Å². The molecule has 0 heterocycles. The van der Waals surface area contributed by atoms with Gasteiger partial charge in [0.05, 0.1) is 6.61 Å². The summed E-state index contributed by atoms with van der Waals surface area (Å²) in [6, 6.07) is 13.6. The number of fused-ring (bicyclic) bond motifs is 1. The Hall–Kier alpha value is -1.43. The average molecular weight is 252 g/mol. The summed E-state index contributed by atoms with van der Waals surface area (Å²) >= 11 is 0. The highest BCUT2D eigenvalue weighted by molar-refractivity contribution is 7.80. The SMILES string of the molecule is O=S(=O)(O)OCCc1cccc2ccccc12. The minimum Gasteiger partial charge on any atom is -0.264 e. The smallest absolute Gasteiger partial charge is 0.264 e. The molecule has 5 heteroatoms. The summed E-state index contributed by atoms with van der Waals surface area (Å²) in [6.07, 6.45) is 0.432. The number of benzene rings is 2. The quantitative estimate of drug-likeness (QED) is 0.847. The molecule has 0 aliphatic heterocycles. The molecule has 4 nitrogen and oxygen atoms in total. The van der Waals surface area contributed by atoms with E-state index in [2.05, 4.69) is 4.18 Å². The summed E-state index contributed by atoms with van der Waals surface area (Å²) in [5.74, 6) is 0. The van der Waals surface area contributed by atoms with Crippen molar-refractivity contribution < 1.29 is 17.2 Å². The molecule has 90 valence electrons. The van der Waals surface area contributed by atoms with Gasteiger partial charge in [-0.15, -0.1) is 0 Å². The van der Waals surface area contributed by atoms with Crippen molar-refractivity contribution in [2.75, 3.05) is 6.61 Å². The first-order valence-corrected chi connectivity index (χ1v) is 6.51. The number of rotatable bonds is 4. The zero-order valence-corrected chi connectivity index (χ0v) is 9.85. The summed E-state index contributed by atoms with van der Waals surface area (Å²) in [5, 5.41) is 2.16. The van der Waals surface area contributed by atoms with Gasteiger partial charge >= 0.3 is 10.4 Å². The van der Waals surface area contributed by atoms with Gasteiger partial charge in [0.1, 0.15) is 0 Å². The van der Waals surface area contributed by atoms with Crippen LogP contribution < -0.4 is 0 Å². The van der Waals surface area contributed by atoms with E-state index in [1.165, 1.54) is 0 Å². The van der Waals surface area contributed by atoms with Gasteiger partial charge in [-0.05, 0) is 22.8 Å². The van der Waals surface area contributed by atoms with Crippen molar-refractivity contribution in [3.05, 3.63) is 48.0 Å². The predicted octanol–water partition coefficient (Wildman–Crippen LogP) is 2.20. The minimum atomic E-state index is -4.35. The highest BCUT2D eigenvalue weighted by Crippen LogP contribution is 2.18. The summed E-state index contributed by atoms with van der Waals surface area (Å²) in [6.45, 7) is -0.0627. The van der Waals surface area contributed by atoms with Crippen molar-refractivity contribution in [3.63, 3.8) is 0 Å². The molecule has 0 unspecified atom stereocenters. The second-order valence-corrected chi connectivity index (χ2v) is 4.73. The van der Waals surface area contributed by atoms with Crippen LogP contribution in [0.4, 0.5) is 0 Å². The molecular formula is C12H12O4S. The van der Waals surface area contributed by atoms with Gasteiger partial charge in [-0.3, -0.25) is 4.55 Å².